The Kier molecular flexibility index (Phi) is 3.75. The van der Waals surface area contributed by atoms with Gasteiger partial charge in [-0.25, -0.2) is 4.98 Å². The smallest absolute Gasteiger partial charge is 0.269 e. The summed E-state index contributed by atoms with van der Waals surface area (Å²) in [6.07, 6.45) is 0. The molecule has 0 radical (unpaired) electrons. The predicted octanol–water partition coefficient (Wildman–Crippen LogP) is -0.0884. The molecule has 0 aliphatic heterocycles. The lowest BCUT2D eigenvalue weighted by atomic mass is 10.3. The van der Waals surface area contributed by atoms with Crippen LogP contribution in [0, 0.1) is 15.5 Å². The van der Waals surface area contributed by atoms with Gasteiger partial charge in [0.25, 0.3) is 5.69 Å². The molecule has 21 heavy (non-hydrogen) atoms. The van der Waals surface area contributed by atoms with Crippen molar-refractivity contribution in [2.75, 3.05) is 22.4 Å². The second-order valence-corrected chi connectivity index (χ2v) is 4.29. The van der Waals surface area contributed by atoms with Crippen LogP contribution in [0.4, 0.5) is 22.9 Å². The Morgan fingerprint density at radius 1 is 1.33 bits per heavy atom. The standard InChI is InChI=1S/C10H12N8O2S/c11-8-7(9(12)17(13)10(21)14-8)16-15-5-1-3-6(4-2-5)18(19)20/h1-4,12,15-16H,11,13H2,(H,14,21)/p-1. The van der Waals surface area contributed by atoms with Crippen molar-refractivity contribution in [3.63, 3.8) is 0 Å². The second kappa shape index (κ2) is 5.50. The maximum Gasteiger partial charge on any atom is 0.269 e. The third-order valence-corrected chi connectivity index (χ3v) is 2.85. The van der Waals surface area contributed by atoms with Gasteiger partial charge in [-0.2, -0.15) is 0 Å². The second-order valence-electron chi connectivity index (χ2n) is 3.93. The van der Waals surface area contributed by atoms with Crippen molar-refractivity contribution < 1.29 is 4.92 Å². The van der Waals surface area contributed by atoms with Gasteiger partial charge >= 0.3 is 0 Å². The summed E-state index contributed by atoms with van der Waals surface area (Å²) in [5, 5.41) is 18.3. The summed E-state index contributed by atoms with van der Waals surface area (Å²) in [7, 11) is 0. The molecule has 11 heteroatoms. The van der Waals surface area contributed by atoms with Gasteiger partial charge in [0.2, 0.25) is 0 Å². The molecule has 0 spiro atoms. The van der Waals surface area contributed by atoms with E-state index in [1.807, 2.05) is 0 Å². The number of hydrogen-bond donors (Lipinski definition) is 5. The minimum atomic E-state index is -0.499. The number of nitro benzene ring substituents is 1. The molecule has 0 aliphatic carbocycles. The highest BCUT2D eigenvalue weighted by atomic mass is 32.1. The van der Waals surface area contributed by atoms with Gasteiger partial charge in [-0.1, -0.05) is 0 Å². The molecule has 110 valence electrons. The van der Waals surface area contributed by atoms with Crippen LogP contribution < -0.4 is 27.9 Å². The number of benzene rings is 1. The molecular formula is C10H11N8O2S-. The average molecular weight is 307 g/mol. The Labute approximate surface area is 123 Å². The molecule has 10 nitrogen and oxygen atoms in total. The molecule has 0 bridgehead atoms. The van der Waals surface area contributed by atoms with Crippen LogP contribution in [0.3, 0.4) is 0 Å². The van der Waals surface area contributed by atoms with Crippen LogP contribution in [0.2, 0.25) is 0 Å². The lowest BCUT2D eigenvalue weighted by molar-refractivity contribution is -0.384. The van der Waals surface area contributed by atoms with E-state index >= 15 is 0 Å². The fraction of sp³-hybridized carbons (Fsp3) is 0. The number of hydrazine groups is 1. The van der Waals surface area contributed by atoms with E-state index in [2.05, 4.69) is 15.8 Å². The van der Waals surface area contributed by atoms with Gasteiger partial charge in [0, 0.05) is 17.3 Å². The maximum atomic E-state index is 10.5. The Bertz CT molecular complexity index is 742. The summed E-state index contributed by atoms with van der Waals surface area (Å²) in [6, 6.07) is 5.66. The van der Waals surface area contributed by atoms with Crippen LogP contribution in [-0.4, -0.2) is 14.6 Å². The normalized spacial score (nSPS) is 10.1. The molecule has 2 aromatic rings. The van der Waals surface area contributed by atoms with Gasteiger partial charge in [0.05, 0.1) is 10.6 Å². The lowest BCUT2D eigenvalue weighted by Gasteiger charge is -2.17. The van der Waals surface area contributed by atoms with Gasteiger partial charge in [0.15, 0.2) is 11.3 Å². The zero-order chi connectivity index (χ0) is 15.6. The van der Waals surface area contributed by atoms with Crippen LogP contribution in [-0.2, 0) is 12.6 Å². The number of nitro groups is 1. The van der Waals surface area contributed by atoms with E-state index in [1.165, 1.54) is 24.3 Å². The maximum absolute atomic E-state index is 10.5. The van der Waals surface area contributed by atoms with E-state index in [0.717, 1.165) is 4.68 Å². The first-order valence-electron chi connectivity index (χ1n) is 5.56. The van der Waals surface area contributed by atoms with Crippen LogP contribution >= 0.6 is 0 Å². The fourth-order valence-corrected chi connectivity index (χ4v) is 1.66. The van der Waals surface area contributed by atoms with Crippen LogP contribution in [0.25, 0.3) is 0 Å². The summed E-state index contributed by atoms with van der Waals surface area (Å²) in [5.41, 5.74) is 11.6. The van der Waals surface area contributed by atoms with E-state index in [4.69, 9.17) is 29.6 Å². The van der Waals surface area contributed by atoms with Crippen LogP contribution in [0.15, 0.2) is 29.4 Å². The molecular weight excluding hydrogens is 296 g/mol. The minimum Gasteiger partial charge on any atom is -0.740 e. The Balaban J connectivity index is 2.19. The number of nitrogens with two attached hydrogens (primary N) is 2. The van der Waals surface area contributed by atoms with E-state index in [1.54, 1.807) is 0 Å². The molecule has 2 rings (SSSR count). The highest BCUT2D eigenvalue weighted by molar-refractivity contribution is 7.58. The molecule has 0 fully saturated rings. The van der Waals surface area contributed by atoms with Crippen molar-refractivity contribution in [3.8, 4) is 0 Å². The molecule has 7 N–H and O–H groups in total. The first kappa shape index (κ1) is 14.3. The average Bonchev–Trinajstić information content (AvgIpc) is 2.45. The Morgan fingerprint density at radius 3 is 2.52 bits per heavy atom. The van der Waals surface area contributed by atoms with Gasteiger partial charge in [-0.3, -0.25) is 25.6 Å². The molecule has 0 aliphatic rings. The van der Waals surface area contributed by atoms with Gasteiger partial charge in [0.1, 0.15) is 5.69 Å². The third-order valence-electron chi connectivity index (χ3n) is 2.57. The molecule has 0 unspecified atom stereocenters. The van der Waals surface area contributed by atoms with Crippen molar-refractivity contribution in [1.82, 2.24) is 9.66 Å². The number of nitrogens with zero attached hydrogens (tertiary/aromatic N) is 3. The number of non-ortho nitro benzene ring substituents is 1. The predicted molar refractivity (Wildman–Crippen MR) is 78.6 cm³/mol. The van der Waals surface area contributed by atoms with Crippen molar-refractivity contribution >= 4 is 35.5 Å². The monoisotopic (exact) mass is 307 g/mol. The third kappa shape index (κ3) is 2.92. The number of anilines is 3. The summed E-state index contributed by atoms with van der Waals surface area (Å²) >= 11 is 4.82. The number of rotatable bonds is 4. The number of aromatic nitrogens is 2. The molecule has 1 aromatic carbocycles. The molecule has 1 heterocycles. The van der Waals surface area contributed by atoms with Crippen molar-refractivity contribution in [2.45, 2.75) is 5.16 Å². The largest absolute Gasteiger partial charge is 0.740 e. The minimum absolute atomic E-state index is 0.0149. The van der Waals surface area contributed by atoms with E-state index < -0.39 is 4.92 Å². The quantitative estimate of drug-likeness (QED) is 0.172. The van der Waals surface area contributed by atoms with Crippen molar-refractivity contribution in [1.29, 1.82) is 5.41 Å². The Morgan fingerprint density at radius 2 is 1.95 bits per heavy atom. The molecule has 0 saturated carbocycles. The van der Waals surface area contributed by atoms with Crippen LogP contribution in [0.1, 0.15) is 0 Å². The molecule has 0 saturated heterocycles. The summed E-state index contributed by atoms with van der Waals surface area (Å²) < 4.78 is 0.894. The van der Waals surface area contributed by atoms with Gasteiger partial charge in [-0.15, -0.1) is 0 Å². The van der Waals surface area contributed by atoms with Gasteiger partial charge < -0.3 is 29.6 Å². The number of hydrogen-bond acceptors (Lipinski definition) is 9. The van der Waals surface area contributed by atoms with E-state index in [-0.39, 0.29) is 27.8 Å². The highest BCUT2D eigenvalue weighted by Gasteiger charge is 2.07. The molecule has 0 atom stereocenters. The zero-order valence-electron chi connectivity index (χ0n) is 10.5. The van der Waals surface area contributed by atoms with Gasteiger partial charge in [-0.05, 0) is 12.1 Å². The number of nitrogens with one attached hydrogen (secondary N) is 3. The summed E-state index contributed by atoms with van der Waals surface area (Å²) in [4.78, 5) is 13.8. The van der Waals surface area contributed by atoms with E-state index in [0.29, 0.717) is 5.69 Å². The van der Waals surface area contributed by atoms with Crippen LogP contribution in [0.5, 0.6) is 0 Å². The van der Waals surface area contributed by atoms with E-state index in [9.17, 15) is 10.1 Å². The SMILES string of the molecule is N=c1c(NNc2ccc([N+](=O)[O-])cc2)c(N)nc([S-])n1N. The zero-order valence-corrected chi connectivity index (χ0v) is 11.3. The van der Waals surface area contributed by atoms with Crippen molar-refractivity contribution in [2.24, 2.45) is 0 Å². The Hall–Kier alpha value is -3.08. The van der Waals surface area contributed by atoms with Crippen molar-refractivity contribution in [3.05, 3.63) is 39.9 Å². The number of nitrogen functional groups attached to an aromatic ring is 2. The summed E-state index contributed by atoms with van der Waals surface area (Å²) in [5.74, 6) is 5.55. The highest BCUT2D eigenvalue weighted by Crippen LogP contribution is 2.16. The topological polar surface area (TPSA) is 161 Å². The first-order chi connectivity index (χ1) is 9.90. The lowest BCUT2D eigenvalue weighted by Crippen LogP contribution is -2.34. The fourth-order valence-electron chi connectivity index (χ4n) is 1.47. The molecule has 1 aromatic heterocycles. The summed E-state index contributed by atoms with van der Waals surface area (Å²) in [6.45, 7) is 0. The first-order valence-corrected chi connectivity index (χ1v) is 5.96. The molecule has 0 amide bonds.